The van der Waals surface area contributed by atoms with Gasteiger partial charge in [-0.1, -0.05) is 24.6 Å². The minimum absolute atomic E-state index is 0.0417. The van der Waals surface area contributed by atoms with Crippen molar-refractivity contribution in [3.63, 3.8) is 0 Å². The molecule has 1 fully saturated rings. The number of likely N-dealkylation sites (N-methyl/N-ethyl adjacent to an activating group) is 1. The predicted octanol–water partition coefficient (Wildman–Crippen LogP) is 2.99. The summed E-state index contributed by atoms with van der Waals surface area (Å²) in [5.41, 5.74) is 2.44. The summed E-state index contributed by atoms with van der Waals surface area (Å²) in [6, 6.07) is 7.21. The molecule has 7 nitrogen and oxygen atoms in total. The smallest absolute Gasteiger partial charge is 0.322 e. The van der Waals surface area contributed by atoms with Crippen molar-refractivity contribution < 1.29 is 18.4 Å². The number of halogens is 3. The van der Waals surface area contributed by atoms with Crippen molar-refractivity contribution in [2.45, 2.75) is 13.5 Å². The van der Waals surface area contributed by atoms with E-state index in [4.69, 9.17) is 17.4 Å². The molecule has 0 bridgehead atoms. The molecule has 0 atom stereocenters. The number of carbonyl (C=O) groups is 2. The van der Waals surface area contributed by atoms with E-state index in [2.05, 4.69) is 11.8 Å². The summed E-state index contributed by atoms with van der Waals surface area (Å²) >= 11 is 6.22. The monoisotopic (exact) mass is 451 g/mol. The number of nitrogen functional groups attached to an aromatic ring is 1. The van der Waals surface area contributed by atoms with Crippen LogP contribution in [0.25, 0.3) is 0 Å². The van der Waals surface area contributed by atoms with Gasteiger partial charge in [0.05, 0.1) is 17.3 Å². The molecule has 0 aromatic heterocycles. The van der Waals surface area contributed by atoms with Crippen LogP contribution in [0, 0.1) is 11.6 Å². The zero-order valence-corrected chi connectivity index (χ0v) is 17.8. The molecule has 0 aliphatic carbocycles. The quantitative estimate of drug-likeness (QED) is 0.416. The van der Waals surface area contributed by atoms with Gasteiger partial charge in [-0.05, 0) is 36.9 Å². The molecule has 166 valence electrons. The average molecular weight is 452 g/mol. The maximum absolute atomic E-state index is 14.7. The summed E-state index contributed by atoms with van der Waals surface area (Å²) in [6.07, 6.45) is 0. The lowest BCUT2D eigenvalue weighted by atomic mass is 10.1. The number of hydrogen-bond donors (Lipinski definition) is 2. The molecule has 3 rings (SSSR count). The second-order valence-corrected chi connectivity index (χ2v) is 7.57. The largest absolute Gasteiger partial charge is 0.324 e. The molecule has 0 saturated carbocycles. The zero-order chi connectivity index (χ0) is 22.5. The highest BCUT2D eigenvalue weighted by atomic mass is 35.5. The van der Waals surface area contributed by atoms with Crippen molar-refractivity contribution in [3.8, 4) is 0 Å². The van der Waals surface area contributed by atoms with Gasteiger partial charge in [-0.3, -0.25) is 15.1 Å². The Bertz CT molecular complexity index is 967. The molecule has 0 spiro atoms. The van der Waals surface area contributed by atoms with Crippen molar-refractivity contribution in [1.29, 1.82) is 0 Å². The minimum atomic E-state index is -0.673. The first kappa shape index (κ1) is 22.9. The Balaban J connectivity index is 1.91. The Labute approximate surface area is 184 Å². The van der Waals surface area contributed by atoms with Gasteiger partial charge in [0.2, 0.25) is 0 Å². The van der Waals surface area contributed by atoms with Gasteiger partial charge in [-0.2, -0.15) is 0 Å². The summed E-state index contributed by atoms with van der Waals surface area (Å²) in [7, 11) is 0. The summed E-state index contributed by atoms with van der Waals surface area (Å²) in [5.74, 6) is 3.25. The SMILES string of the molecule is CCN1CCN(C(=O)N(Cc2ccc(C(=O)NN)cc2F)c2ccc(F)cc2Cl)CC1. The molecule has 0 unspecified atom stereocenters. The number of hydrogen-bond acceptors (Lipinski definition) is 4. The van der Waals surface area contributed by atoms with Crippen LogP contribution in [0.2, 0.25) is 5.02 Å². The summed E-state index contributed by atoms with van der Waals surface area (Å²) < 4.78 is 28.3. The molecule has 0 radical (unpaired) electrons. The van der Waals surface area contributed by atoms with E-state index in [9.17, 15) is 18.4 Å². The van der Waals surface area contributed by atoms with E-state index < -0.39 is 17.5 Å². The van der Waals surface area contributed by atoms with E-state index in [0.717, 1.165) is 31.8 Å². The van der Waals surface area contributed by atoms with Crippen LogP contribution in [0.3, 0.4) is 0 Å². The molecule has 1 saturated heterocycles. The highest BCUT2D eigenvalue weighted by Gasteiger charge is 2.28. The first-order valence-electron chi connectivity index (χ1n) is 9.87. The van der Waals surface area contributed by atoms with Crippen LogP contribution in [-0.2, 0) is 6.54 Å². The fraction of sp³-hybridized carbons (Fsp3) is 0.333. The number of benzene rings is 2. The molecule has 2 aromatic rings. The average Bonchev–Trinajstić information content (AvgIpc) is 2.78. The number of amides is 3. The summed E-state index contributed by atoms with van der Waals surface area (Å²) in [5, 5.41) is 0.0417. The van der Waals surface area contributed by atoms with E-state index in [0.29, 0.717) is 13.1 Å². The Morgan fingerprint density at radius 3 is 2.42 bits per heavy atom. The molecular formula is C21H24ClF2N5O2. The van der Waals surface area contributed by atoms with Crippen LogP contribution in [-0.4, -0.2) is 54.5 Å². The van der Waals surface area contributed by atoms with Crippen molar-refractivity contribution in [2.75, 3.05) is 37.6 Å². The van der Waals surface area contributed by atoms with Crippen molar-refractivity contribution in [3.05, 3.63) is 64.2 Å². The number of nitrogens with one attached hydrogen (secondary N) is 1. The fourth-order valence-corrected chi connectivity index (χ4v) is 3.72. The van der Waals surface area contributed by atoms with Crippen LogP contribution in [0.4, 0.5) is 19.3 Å². The van der Waals surface area contributed by atoms with Crippen molar-refractivity contribution in [1.82, 2.24) is 15.2 Å². The second kappa shape index (κ2) is 10.0. The Kier molecular flexibility index (Phi) is 7.42. The van der Waals surface area contributed by atoms with E-state index >= 15 is 0 Å². The van der Waals surface area contributed by atoms with Gasteiger partial charge in [0.1, 0.15) is 11.6 Å². The fourth-order valence-electron chi connectivity index (χ4n) is 3.45. The number of piperazine rings is 1. The number of hydrazine groups is 1. The number of nitrogens with two attached hydrogens (primary N) is 1. The molecular weight excluding hydrogens is 428 g/mol. The Morgan fingerprint density at radius 1 is 1.13 bits per heavy atom. The van der Waals surface area contributed by atoms with E-state index in [1.165, 1.54) is 29.2 Å². The predicted molar refractivity (Wildman–Crippen MR) is 115 cm³/mol. The number of rotatable bonds is 5. The minimum Gasteiger partial charge on any atom is -0.322 e. The Hall–Kier alpha value is -2.75. The van der Waals surface area contributed by atoms with Crippen molar-refractivity contribution in [2.24, 2.45) is 5.84 Å². The van der Waals surface area contributed by atoms with Crippen molar-refractivity contribution >= 4 is 29.2 Å². The molecule has 10 heteroatoms. The molecule has 1 aliphatic rings. The second-order valence-electron chi connectivity index (χ2n) is 7.17. The standard InChI is InChI=1S/C21H24ClF2N5O2/c1-2-27-7-9-28(10-8-27)21(31)29(19-6-5-16(23)12-17(19)22)13-15-4-3-14(11-18(15)24)20(30)26-25/h3-6,11-12H,2,7-10,13,25H2,1H3,(H,26,30). The topological polar surface area (TPSA) is 81.9 Å². The van der Waals surface area contributed by atoms with Crippen LogP contribution < -0.4 is 16.2 Å². The third kappa shape index (κ3) is 5.30. The summed E-state index contributed by atoms with van der Waals surface area (Å²) in [4.78, 5) is 30.2. The molecule has 1 heterocycles. The van der Waals surface area contributed by atoms with Crippen LogP contribution in [0.1, 0.15) is 22.8 Å². The lowest BCUT2D eigenvalue weighted by Crippen LogP contribution is -2.52. The van der Waals surface area contributed by atoms with E-state index in [1.807, 2.05) is 5.43 Å². The number of carbonyl (C=O) groups excluding carboxylic acids is 2. The molecule has 31 heavy (non-hydrogen) atoms. The summed E-state index contributed by atoms with van der Waals surface area (Å²) in [6.45, 7) is 5.28. The van der Waals surface area contributed by atoms with E-state index in [-0.39, 0.29) is 34.4 Å². The zero-order valence-electron chi connectivity index (χ0n) is 17.1. The Morgan fingerprint density at radius 2 is 1.84 bits per heavy atom. The lowest BCUT2D eigenvalue weighted by Gasteiger charge is -2.37. The molecule has 3 amide bonds. The maximum atomic E-state index is 14.7. The number of urea groups is 1. The van der Waals surface area contributed by atoms with Crippen LogP contribution >= 0.6 is 11.6 Å². The van der Waals surface area contributed by atoms with Gasteiger partial charge in [-0.15, -0.1) is 0 Å². The maximum Gasteiger partial charge on any atom is 0.324 e. The van der Waals surface area contributed by atoms with E-state index in [1.54, 1.807) is 4.90 Å². The lowest BCUT2D eigenvalue weighted by molar-refractivity contribution is 0.0953. The van der Waals surface area contributed by atoms with Gasteiger partial charge in [0, 0.05) is 37.3 Å². The number of anilines is 1. The normalized spacial score (nSPS) is 14.4. The van der Waals surface area contributed by atoms with Gasteiger partial charge < -0.3 is 9.80 Å². The van der Waals surface area contributed by atoms with Gasteiger partial charge in [-0.25, -0.2) is 19.4 Å². The number of nitrogens with zero attached hydrogens (tertiary/aromatic N) is 3. The van der Waals surface area contributed by atoms with Gasteiger partial charge in [0.15, 0.2) is 0 Å². The highest BCUT2D eigenvalue weighted by molar-refractivity contribution is 6.33. The van der Waals surface area contributed by atoms with Gasteiger partial charge in [0.25, 0.3) is 5.91 Å². The first-order valence-corrected chi connectivity index (χ1v) is 10.2. The van der Waals surface area contributed by atoms with Gasteiger partial charge >= 0.3 is 6.03 Å². The highest BCUT2D eigenvalue weighted by Crippen LogP contribution is 2.30. The first-order chi connectivity index (χ1) is 14.8. The third-order valence-corrected chi connectivity index (χ3v) is 5.60. The van der Waals surface area contributed by atoms with Crippen LogP contribution in [0.15, 0.2) is 36.4 Å². The van der Waals surface area contributed by atoms with Crippen LogP contribution in [0.5, 0.6) is 0 Å². The third-order valence-electron chi connectivity index (χ3n) is 5.30. The molecule has 1 aliphatic heterocycles. The molecule has 3 N–H and O–H groups in total. The molecule has 2 aromatic carbocycles.